The van der Waals surface area contributed by atoms with Gasteiger partial charge in [0.05, 0.1) is 24.6 Å². The van der Waals surface area contributed by atoms with E-state index in [-0.39, 0.29) is 13.2 Å². The van der Waals surface area contributed by atoms with Crippen LogP contribution in [0, 0.1) is 6.92 Å². The number of anilines is 2. The number of benzene rings is 3. The number of nitrogens with zero attached hydrogens (tertiary/aromatic N) is 3. The van der Waals surface area contributed by atoms with Crippen LogP contribution in [-0.4, -0.2) is 36.5 Å². The summed E-state index contributed by atoms with van der Waals surface area (Å²) in [6.07, 6.45) is 0. The van der Waals surface area contributed by atoms with Crippen LogP contribution in [0.3, 0.4) is 0 Å². The fraction of sp³-hybridized carbons (Fsp3) is 0.217. The summed E-state index contributed by atoms with van der Waals surface area (Å²) in [4.78, 5) is 1.93. The topological polar surface area (TPSA) is 94.4 Å². The summed E-state index contributed by atoms with van der Waals surface area (Å²) in [5, 5.41) is 27.4. The van der Waals surface area contributed by atoms with Crippen LogP contribution >= 0.6 is 0 Å². The molecule has 0 saturated carbocycles. The second-order valence-electron chi connectivity index (χ2n) is 6.74. The third-order valence-corrected chi connectivity index (χ3v) is 4.68. The Hall–Kier alpha value is -3.22. The first kappa shape index (κ1) is 20.5. The number of nitrogen functional groups attached to an aromatic ring is 1. The predicted octanol–water partition coefficient (Wildman–Crippen LogP) is 4.45. The normalized spacial score (nSPS) is 11.1. The van der Waals surface area contributed by atoms with Crippen LogP contribution in [0.1, 0.15) is 5.56 Å². The Bertz CT molecular complexity index is 965. The molecule has 0 spiro atoms. The summed E-state index contributed by atoms with van der Waals surface area (Å²) < 4.78 is 0. The van der Waals surface area contributed by atoms with Gasteiger partial charge < -0.3 is 20.8 Å². The zero-order valence-electron chi connectivity index (χ0n) is 16.5. The Balaban J connectivity index is 1.86. The number of hydrogen-bond donors (Lipinski definition) is 3. The quantitative estimate of drug-likeness (QED) is 0.391. The largest absolute Gasteiger partial charge is 0.399 e. The van der Waals surface area contributed by atoms with Gasteiger partial charge in [0.25, 0.3) is 0 Å². The Morgan fingerprint density at radius 2 is 1.48 bits per heavy atom. The highest BCUT2D eigenvalue weighted by molar-refractivity contribution is 5.76. The number of nitrogens with two attached hydrogens (primary N) is 1. The lowest BCUT2D eigenvalue weighted by Crippen LogP contribution is -2.29. The minimum atomic E-state index is 0.0302. The highest BCUT2D eigenvalue weighted by Gasteiger charge is 2.08. The molecule has 6 heteroatoms. The molecule has 150 valence electrons. The van der Waals surface area contributed by atoms with Crippen molar-refractivity contribution < 1.29 is 10.2 Å². The lowest BCUT2D eigenvalue weighted by atomic mass is 10.0. The lowest BCUT2D eigenvalue weighted by Gasteiger charge is -2.23. The van der Waals surface area contributed by atoms with Crippen LogP contribution < -0.4 is 10.6 Å². The molecule has 0 unspecified atom stereocenters. The Labute approximate surface area is 171 Å². The van der Waals surface area contributed by atoms with Gasteiger partial charge in [0.15, 0.2) is 0 Å². The standard InChI is InChI=1S/C23H26N4O2/c1-17-16-20(27(12-14-28)13-15-29)10-11-22(17)25-26-23-5-3-2-4-21(23)18-6-8-19(24)9-7-18/h2-11,16,28-29H,12-15,24H2,1H3. The van der Waals surface area contributed by atoms with Crippen molar-refractivity contribution in [1.82, 2.24) is 0 Å². The van der Waals surface area contributed by atoms with Gasteiger partial charge >= 0.3 is 0 Å². The molecule has 0 radical (unpaired) electrons. The molecule has 0 aliphatic rings. The smallest absolute Gasteiger partial charge is 0.0935 e. The molecular weight excluding hydrogens is 364 g/mol. The van der Waals surface area contributed by atoms with Crippen molar-refractivity contribution in [3.8, 4) is 11.1 Å². The van der Waals surface area contributed by atoms with E-state index in [4.69, 9.17) is 5.73 Å². The van der Waals surface area contributed by atoms with Crippen molar-refractivity contribution in [1.29, 1.82) is 0 Å². The first-order chi connectivity index (χ1) is 14.1. The second kappa shape index (κ2) is 9.82. The van der Waals surface area contributed by atoms with Gasteiger partial charge in [0, 0.05) is 30.0 Å². The van der Waals surface area contributed by atoms with Crippen LogP contribution in [0.2, 0.25) is 0 Å². The summed E-state index contributed by atoms with van der Waals surface area (Å²) in [7, 11) is 0. The molecule has 0 saturated heterocycles. The molecule has 0 atom stereocenters. The summed E-state index contributed by atoms with van der Waals surface area (Å²) in [5.41, 5.74) is 12.0. The van der Waals surface area contributed by atoms with E-state index in [1.165, 1.54) is 0 Å². The SMILES string of the molecule is Cc1cc(N(CCO)CCO)ccc1N=Nc1ccccc1-c1ccc(N)cc1. The second-order valence-corrected chi connectivity index (χ2v) is 6.74. The average Bonchev–Trinajstić information content (AvgIpc) is 2.73. The third kappa shape index (κ3) is 5.19. The summed E-state index contributed by atoms with van der Waals surface area (Å²) in [6.45, 7) is 2.97. The molecule has 3 aromatic carbocycles. The van der Waals surface area contributed by atoms with Gasteiger partial charge in [0.2, 0.25) is 0 Å². The maximum atomic E-state index is 9.23. The minimum absolute atomic E-state index is 0.0302. The summed E-state index contributed by atoms with van der Waals surface area (Å²) in [5.74, 6) is 0. The fourth-order valence-electron chi connectivity index (χ4n) is 3.14. The molecule has 29 heavy (non-hydrogen) atoms. The Morgan fingerprint density at radius 3 is 2.14 bits per heavy atom. The van der Waals surface area contributed by atoms with Crippen LogP contribution in [0.4, 0.5) is 22.7 Å². The van der Waals surface area contributed by atoms with Crippen LogP contribution in [0.5, 0.6) is 0 Å². The molecule has 4 N–H and O–H groups in total. The highest BCUT2D eigenvalue weighted by Crippen LogP contribution is 2.33. The molecule has 0 heterocycles. The van der Waals surface area contributed by atoms with Crippen molar-refractivity contribution in [3.63, 3.8) is 0 Å². The van der Waals surface area contributed by atoms with Crippen LogP contribution in [0.15, 0.2) is 77.0 Å². The summed E-state index contributed by atoms with van der Waals surface area (Å²) in [6, 6.07) is 21.4. The third-order valence-electron chi connectivity index (χ3n) is 4.68. The van der Waals surface area contributed by atoms with E-state index in [9.17, 15) is 10.2 Å². The van der Waals surface area contributed by atoms with E-state index >= 15 is 0 Å². The van der Waals surface area contributed by atoms with E-state index in [1.807, 2.05) is 78.6 Å². The van der Waals surface area contributed by atoms with Crippen LogP contribution in [-0.2, 0) is 0 Å². The monoisotopic (exact) mass is 390 g/mol. The van der Waals surface area contributed by atoms with Crippen LogP contribution in [0.25, 0.3) is 11.1 Å². The average molecular weight is 390 g/mol. The summed E-state index contributed by atoms with van der Waals surface area (Å²) >= 11 is 0. The van der Waals surface area contributed by atoms with E-state index in [1.54, 1.807) is 0 Å². The number of rotatable bonds is 8. The zero-order chi connectivity index (χ0) is 20.6. The Kier molecular flexibility index (Phi) is 6.94. The van der Waals surface area contributed by atoms with Crippen molar-refractivity contribution in [3.05, 3.63) is 72.3 Å². The highest BCUT2D eigenvalue weighted by atomic mass is 16.3. The number of aryl methyl sites for hydroxylation is 1. The number of aliphatic hydroxyl groups is 2. The van der Waals surface area contributed by atoms with E-state index in [0.717, 1.165) is 39.4 Å². The Morgan fingerprint density at radius 1 is 0.828 bits per heavy atom. The first-order valence-corrected chi connectivity index (χ1v) is 9.56. The molecule has 0 aliphatic heterocycles. The minimum Gasteiger partial charge on any atom is -0.399 e. The molecule has 3 aromatic rings. The molecule has 0 aromatic heterocycles. The van der Waals surface area contributed by atoms with Gasteiger partial charge in [0.1, 0.15) is 0 Å². The van der Waals surface area contributed by atoms with Crippen molar-refractivity contribution in [2.45, 2.75) is 6.92 Å². The van der Waals surface area contributed by atoms with Gasteiger partial charge in [-0.1, -0.05) is 30.3 Å². The molecule has 3 rings (SSSR count). The molecule has 6 nitrogen and oxygen atoms in total. The lowest BCUT2D eigenvalue weighted by molar-refractivity contribution is 0.281. The molecular formula is C23H26N4O2. The maximum absolute atomic E-state index is 9.23. The van der Waals surface area contributed by atoms with Gasteiger partial charge in [-0.15, -0.1) is 5.11 Å². The zero-order valence-corrected chi connectivity index (χ0v) is 16.5. The number of aliphatic hydroxyl groups excluding tert-OH is 2. The van der Waals surface area contributed by atoms with E-state index in [0.29, 0.717) is 13.1 Å². The van der Waals surface area contributed by atoms with Crippen molar-refractivity contribution >= 4 is 22.7 Å². The molecule has 0 fully saturated rings. The van der Waals surface area contributed by atoms with Crippen molar-refractivity contribution in [2.24, 2.45) is 10.2 Å². The maximum Gasteiger partial charge on any atom is 0.0935 e. The predicted molar refractivity (Wildman–Crippen MR) is 118 cm³/mol. The number of hydrogen-bond acceptors (Lipinski definition) is 6. The molecule has 0 amide bonds. The van der Waals surface area contributed by atoms with Crippen molar-refractivity contribution in [2.75, 3.05) is 36.9 Å². The van der Waals surface area contributed by atoms with Gasteiger partial charge in [-0.25, -0.2) is 0 Å². The van der Waals surface area contributed by atoms with E-state index < -0.39 is 0 Å². The van der Waals surface area contributed by atoms with Gasteiger partial charge in [-0.05, 0) is 54.4 Å². The number of azo groups is 1. The van der Waals surface area contributed by atoms with Gasteiger partial charge in [-0.3, -0.25) is 0 Å². The van der Waals surface area contributed by atoms with E-state index in [2.05, 4.69) is 10.2 Å². The molecule has 0 bridgehead atoms. The first-order valence-electron chi connectivity index (χ1n) is 9.56. The fourth-order valence-corrected chi connectivity index (χ4v) is 3.14. The van der Waals surface area contributed by atoms with Gasteiger partial charge in [-0.2, -0.15) is 5.11 Å². The molecule has 0 aliphatic carbocycles.